The van der Waals surface area contributed by atoms with Crippen LogP contribution in [-0.4, -0.2) is 34.8 Å². The minimum Gasteiger partial charge on any atom is -0.386 e. The van der Waals surface area contributed by atoms with Gasteiger partial charge in [0.05, 0.1) is 0 Å². The predicted molar refractivity (Wildman–Crippen MR) is 60.0 cm³/mol. The molecule has 0 saturated carbocycles. The maximum Gasteiger partial charge on any atom is 0.431 e. The fraction of sp³-hybridized carbons (Fsp3) is 0.800. The molecule has 1 aliphatic rings. The third kappa shape index (κ3) is 1.98. The highest BCUT2D eigenvalue weighted by molar-refractivity contribution is 6.01. The first-order chi connectivity index (χ1) is 7.69. The zero-order valence-electron chi connectivity index (χ0n) is 10.1. The Labute approximate surface area is 98.2 Å². The topological polar surface area (TPSA) is 65.5 Å². The molecular weight excluding hydrogens is 233 g/mol. The van der Waals surface area contributed by atoms with Gasteiger partial charge in [-0.05, 0) is 20.3 Å². The first-order valence-electron chi connectivity index (χ1n) is 5.47. The van der Waals surface area contributed by atoms with Gasteiger partial charge in [0, 0.05) is 12.5 Å². The van der Waals surface area contributed by atoms with Gasteiger partial charge in [0.25, 0.3) is 0 Å². The highest BCUT2D eigenvalue weighted by Gasteiger charge is 2.56. The maximum absolute atomic E-state index is 12.8. The lowest BCUT2D eigenvalue weighted by atomic mass is 9.80. The van der Waals surface area contributed by atoms with Gasteiger partial charge in [-0.25, -0.2) is 0 Å². The van der Waals surface area contributed by atoms with E-state index < -0.39 is 23.3 Å². The summed E-state index contributed by atoms with van der Waals surface area (Å²) in [7, 11) is 0. The van der Waals surface area contributed by atoms with Crippen molar-refractivity contribution in [2.24, 2.45) is 16.8 Å². The second-order valence-corrected chi connectivity index (χ2v) is 4.22. The quantitative estimate of drug-likeness (QED) is 0.594. The number of amidine groups is 1. The number of nitrogens with two attached hydrogens (primary N) is 1. The normalized spacial score (nSPS) is 29.4. The molecule has 0 amide bonds. The Bertz CT molecular complexity index is 350. The van der Waals surface area contributed by atoms with E-state index in [0.29, 0.717) is 0 Å². The molecule has 0 bridgehead atoms. The van der Waals surface area contributed by atoms with Gasteiger partial charge in [0.15, 0.2) is 0 Å². The highest BCUT2D eigenvalue weighted by Crippen LogP contribution is 2.40. The molecular formula is C10H17F3N4. The number of nitrogens with one attached hydrogen (secondary N) is 1. The first kappa shape index (κ1) is 13.8. The van der Waals surface area contributed by atoms with Crippen molar-refractivity contribution in [1.82, 2.24) is 5.01 Å². The molecule has 0 aliphatic carbocycles. The number of alkyl halides is 3. The molecule has 0 fully saturated rings. The molecule has 0 saturated heterocycles. The van der Waals surface area contributed by atoms with Crippen LogP contribution in [0.5, 0.6) is 0 Å². The minimum atomic E-state index is -4.47. The number of hydrazone groups is 1. The van der Waals surface area contributed by atoms with Crippen LogP contribution in [0.2, 0.25) is 0 Å². The molecule has 0 aromatic carbocycles. The minimum absolute atomic E-state index is 0.241. The summed E-state index contributed by atoms with van der Waals surface area (Å²) in [6.07, 6.45) is -4.23. The van der Waals surface area contributed by atoms with E-state index in [1.807, 2.05) is 0 Å². The molecule has 98 valence electrons. The predicted octanol–water partition coefficient (Wildman–Crippen LogP) is 1.96. The number of hydrogen-bond donors (Lipinski definition) is 2. The maximum atomic E-state index is 12.8. The van der Waals surface area contributed by atoms with Crippen LogP contribution in [0.3, 0.4) is 0 Å². The van der Waals surface area contributed by atoms with Crippen molar-refractivity contribution in [1.29, 1.82) is 5.41 Å². The molecule has 7 heteroatoms. The van der Waals surface area contributed by atoms with Crippen molar-refractivity contribution in [3.05, 3.63) is 0 Å². The Morgan fingerprint density at radius 2 is 2.06 bits per heavy atom. The van der Waals surface area contributed by atoms with Crippen LogP contribution >= 0.6 is 0 Å². The van der Waals surface area contributed by atoms with Crippen LogP contribution in [0.25, 0.3) is 0 Å². The van der Waals surface area contributed by atoms with Crippen molar-refractivity contribution in [3.8, 4) is 0 Å². The lowest BCUT2D eigenvalue weighted by molar-refractivity contribution is -0.0626. The summed E-state index contributed by atoms with van der Waals surface area (Å²) < 4.78 is 38.5. The summed E-state index contributed by atoms with van der Waals surface area (Å²) in [5, 5.41) is 12.4. The number of nitrogens with zero attached hydrogens (tertiary/aromatic N) is 2. The number of rotatable bonds is 3. The van der Waals surface area contributed by atoms with E-state index in [1.165, 1.54) is 11.9 Å². The third-order valence-electron chi connectivity index (χ3n) is 3.32. The van der Waals surface area contributed by atoms with Gasteiger partial charge in [-0.3, -0.25) is 10.4 Å². The van der Waals surface area contributed by atoms with Crippen molar-refractivity contribution in [2.75, 3.05) is 6.54 Å². The summed E-state index contributed by atoms with van der Waals surface area (Å²) in [5.41, 5.74) is 3.46. The molecule has 2 unspecified atom stereocenters. The summed E-state index contributed by atoms with van der Waals surface area (Å²) in [5.74, 6) is -1.17. The van der Waals surface area contributed by atoms with Crippen molar-refractivity contribution in [2.45, 2.75) is 38.9 Å². The SMILES string of the molecule is CCC1C(C(F)(F)F)=NN(CC)C1(C)C(=N)N. The molecule has 1 rings (SSSR count). The summed E-state index contributed by atoms with van der Waals surface area (Å²) in [4.78, 5) is 0. The molecule has 3 N–H and O–H groups in total. The van der Waals surface area contributed by atoms with Gasteiger partial charge < -0.3 is 5.73 Å². The Kier molecular flexibility index (Phi) is 3.40. The lowest BCUT2D eigenvalue weighted by Gasteiger charge is -2.37. The Morgan fingerprint density at radius 3 is 2.35 bits per heavy atom. The Balaban J connectivity index is 3.26. The molecule has 0 aromatic rings. The summed E-state index contributed by atoms with van der Waals surface area (Å²) >= 11 is 0. The second-order valence-electron chi connectivity index (χ2n) is 4.22. The van der Waals surface area contributed by atoms with Crippen LogP contribution in [0.4, 0.5) is 13.2 Å². The van der Waals surface area contributed by atoms with Crippen LogP contribution in [0.15, 0.2) is 5.10 Å². The largest absolute Gasteiger partial charge is 0.431 e. The molecule has 17 heavy (non-hydrogen) atoms. The zero-order chi connectivity index (χ0) is 13.4. The fourth-order valence-corrected chi connectivity index (χ4v) is 2.32. The lowest BCUT2D eigenvalue weighted by Crippen LogP contribution is -2.56. The van der Waals surface area contributed by atoms with Gasteiger partial charge in [-0.15, -0.1) is 0 Å². The van der Waals surface area contributed by atoms with E-state index in [9.17, 15) is 13.2 Å². The number of hydrogen-bond acceptors (Lipinski definition) is 3. The van der Waals surface area contributed by atoms with E-state index in [0.717, 1.165) is 0 Å². The molecule has 1 aliphatic heterocycles. The molecule has 0 spiro atoms. The van der Waals surface area contributed by atoms with Gasteiger partial charge in [0.1, 0.15) is 17.1 Å². The average molecular weight is 250 g/mol. The van der Waals surface area contributed by atoms with Crippen LogP contribution in [0.1, 0.15) is 27.2 Å². The standard InChI is InChI=1S/C10H17F3N4/c1-4-6-7(10(11,12)13)16-17(5-2)9(6,3)8(14)15/h6H,4-5H2,1-3H3,(H3,14,15). The smallest absolute Gasteiger partial charge is 0.386 e. The van der Waals surface area contributed by atoms with Crippen LogP contribution < -0.4 is 5.73 Å². The second kappa shape index (κ2) is 4.19. The Morgan fingerprint density at radius 1 is 1.53 bits per heavy atom. The number of likely N-dealkylation sites (N-methyl/N-ethyl adjacent to an activating group) is 1. The molecule has 2 atom stereocenters. The summed E-state index contributed by atoms with van der Waals surface area (Å²) in [6, 6.07) is 0. The monoisotopic (exact) mass is 250 g/mol. The van der Waals surface area contributed by atoms with E-state index in [1.54, 1.807) is 13.8 Å². The van der Waals surface area contributed by atoms with Crippen molar-refractivity contribution >= 4 is 11.5 Å². The first-order valence-corrected chi connectivity index (χ1v) is 5.47. The highest BCUT2D eigenvalue weighted by atomic mass is 19.4. The molecule has 1 heterocycles. The van der Waals surface area contributed by atoms with Gasteiger partial charge in [-0.2, -0.15) is 18.3 Å². The van der Waals surface area contributed by atoms with Gasteiger partial charge >= 0.3 is 6.18 Å². The van der Waals surface area contributed by atoms with Crippen LogP contribution in [-0.2, 0) is 0 Å². The van der Waals surface area contributed by atoms with E-state index >= 15 is 0 Å². The van der Waals surface area contributed by atoms with Gasteiger partial charge in [-0.1, -0.05) is 6.92 Å². The Hall–Kier alpha value is -1.27. The molecule has 0 radical (unpaired) electrons. The van der Waals surface area contributed by atoms with E-state index in [2.05, 4.69) is 5.10 Å². The van der Waals surface area contributed by atoms with Crippen LogP contribution in [0, 0.1) is 11.3 Å². The number of halogens is 3. The average Bonchev–Trinajstić information content (AvgIpc) is 2.51. The third-order valence-corrected chi connectivity index (χ3v) is 3.32. The summed E-state index contributed by atoms with van der Waals surface area (Å²) in [6.45, 7) is 5.16. The molecule has 4 nitrogen and oxygen atoms in total. The molecule has 0 aromatic heterocycles. The van der Waals surface area contributed by atoms with E-state index in [4.69, 9.17) is 11.1 Å². The fourth-order valence-electron chi connectivity index (χ4n) is 2.32. The zero-order valence-corrected chi connectivity index (χ0v) is 10.1. The van der Waals surface area contributed by atoms with Crippen molar-refractivity contribution in [3.63, 3.8) is 0 Å². The van der Waals surface area contributed by atoms with Gasteiger partial charge in [0.2, 0.25) is 0 Å². The van der Waals surface area contributed by atoms with E-state index in [-0.39, 0.29) is 18.8 Å². The van der Waals surface area contributed by atoms with Crippen molar-refractivity contribution < 1.29 is 13.2 Å².